The van der Waals surface area contributed by atoms with Gasteiger partial charge in [0.1, 0.15) is 6.61 Å². The van der Waals surface area contributed by atoms with Crippen LogP contribution in [0, 0.1) is 0 Å². The Balaban J connectivity index is 1.66. The Hall–Kier alpha value is -3.41. The fourth-order valence-electron chi connectivity index (χ4n) is 4.36. The second-order valence-corrected chi connectivity index (χ2v) is 7.74. The number of hydrogen-bond donors (Lipinski definition) is 0. The molecule has 2 amide bonds. The Morgan fingerprint density at radius 2 is 1.80 bits per heavy atom. The molecule has 6 heteroatoms. The predicted octanol–water partition coefficient (Wildman–Crippen LogP) is 3.63. The maximum absolute atomic E-state index is 13.4. The summed E-state index contributed by atoms with van der Waals surface area (Å²) in [6.45, 7) is 3.74. The SMILES string of the molecule is CC(C)N1C(=O)c2ccccc2N2C(=O)CCC21C(=O)OC/C=C/c1ccccc1. The third-order valence-corrected chi connectivity index (χ3v) is 5.56. The van der Waals surface area contributed by atoms with E-state index in [1.165, 1.54) is 9.80 Å². The summed E-state index contributed by atoms with van der Waals surface area (Å²) < 4.78 is 5.59. The number of amides is 2. The zero-order valence-electron chi connectivity index (χ0n) is 17.1. The van der Waals surface area contributed by atoms with Crippen LogP contribution >= 0.6 is 0 Å². The van der Waals surface area contributed by atoms with Crippen molar-refractivity contribution in [2.45, 2.75) is 38.4 Å². The van der Waals surface area contributed by atoms with E-state index in [0.29, 0.717) is 11.3 Å². The molecule has 2 heterocycles. The Labute approximate surface area is 175 Å². The number of para-hydroxylation sites is 1. The van der Waals surface area contributed by atoms with Crippen LogP contribution in [0.25, 0.3) is 6.08 Å². The molecule has 1 atom stereocenters. The van der Waals surface area contributed by atoms with Crippen molar-refractivity contribution >= 4 is 29.5 Å². The normalized spacial score (nSPS) is 20.6. The minimum absolute atomic E-state index is 0.0548. The van der Waals surface area contributed by atoms with Crippen LogP contribution in [0.5, 0.6) is 0 Å². The second kappa shape index (κ2) is 7.78. The van der Waals surface area contributed by atoms with Crippen LogP contribution in [0.4, 0.5) is 5.69 Å². The van der Waals surface area contributed by atoms with Gasteiger partial charge < -0.3 is 9.64 Å². The number of hydrogen-bond acceptors (Lipinski definition) is 4. The molecular formula is C24H24N2O4. The van der Waals surface area contributed by atoms with Gasteiger partial charge >= 0.3 is 5.97 Å². The van der Waals surface area contributed by atoms with Crippen LogP contribution in [0.2, 0.25) is 0 Å². The molecule has 1 saturated heterocycles. The number of benzene rings is 2. The molecule has 0 saturated carbocycles. The Kier molecular flexibility index (Phi) is 5.16. The lowest BCUT2D eigenvalue weighted by molar-refractivity contribution is -0.157. The molecule has 0 spiro atoms. The number of esters is 1. The monoisotopic (exact) mass is 404 g/mol. The summed E-state index contributed by atoms with van der Waals surface area (Å²) in [5.74, 6) is -1.02. The average Bonchev–Trinajstić information content (AvgIpc) is 3.10. The zero-order chi connectivity index (χ0) is 21.3. The van der Waals surface area contributed by atoms with Crippen molar-refractivity contribution in [1.29, 1.82) is 0 Å². The Morgan fingerprint density at radius 3 is 2.53 bits per heavy atom. The van der Waals surface area contributed by atoms with Crippen molar-refractivity contribution in [3.8, 4) is 0 Å². The van der Waals surface area contributed by atoms with Gasteiger partial charge in [0.25, 0.3) is 5.91 Å². The van der Waals surface area contributed by atoms with Crippen LogP contribution in [0.15, 0.2) is 60.7 Å². The fraction of sp³-hybridized carbons (Fsp3) is 0.292. The summed E-state index contributed by atoms with van der Waals surface area (Å²) >= 11 is 0. The molecule has 1 fully saturated rings. The van der Waals surface area contributed by atoms with Crippen molar-refractivity contribution in [3.63, 3.8) is 0 Å². The van der Waals surface area contributed by atoms with Crippen molar-refractivity contribution in [2.24, 2.45) is 0 Å². The van der Waals surface area contributed by atoms with E-state index in [4.69, 9.17) is 4.74 Å². The molecule has 1 unspecified atom stereocenters. The van der Waals surface area contributed by atoms with Crippen molar-refractivity contribution < 1.29 is 19.1 Å². The summed E-state index contributed by atoms with van der Waals surface area (Å²) in [5, 5.41) is 0. The molecule has 2 aromatic carbocycles. The molecule has 0 aliphatic carbocycles. The fourth-order valence-corrected chi connectivity index (χ4v) is 4.36. The van der Waals surface area contributed by atoms with Gasteiger partial charge in [-0.3, -0.25) is 14.5 Å². The van der Waals surface area contributed by atoms with Crippen LogP contribution in [0.1, 0.15) is 42.6 Å². The molecule has 0 radical (unpaired) electrons. The van der Waals surface area contributed by atoms with Gasteiger partial charge in [0, 0.05) is 18.9 Å². The summed E-state index contributed by atoms with van der Waals surface area (Å²) in [4.78, 5) is 42.5. The van der Waals surface area contributed by atoms with Gasteiger partial charge in [-0.2, -0.15) is 0 Å². The quantitative estimate of drug-likeness (QED) is 0.714. The van der Waals surface area contributed by atoms with E-state index >= 15 is 0 Å². The highest BCUT2D eigenvalue weighted by Crippen LogP contribution is 2.45. The number of anilines is 1. The Morgan fingerprint density at radius 1 is 1.10 bits per heavy atom. The van der Waals surface area contributed by atoms with Crippen LogP contribution in [-0.4, -0.2) is 41.0 Å². The van der Waals surface area contributed by atoms with Crippen LogP contribution in [0.3, 0.4) is 0 Å². The smallest absolute Gasteiger partial charge is 0.354 e. The van der Waals surface area contributed by atoms with E-state index in [-0.39, 0.29) is 37.3 Å². The molecule has 4 rings (SSSR count). The maximum Gasteiger partial charge on any atom is 0.354 e. The molecule has 2 aliphatic rings. The summed E-state index contributed by atoms with van der Waals surface area (Å²) in [7, 11) is 0. The van der Waals surface area contributed by atoms with Gasteiger partial charge in [0.05, 0.1) is 11.3 Å². The number of carbonyl (C=O) groups excluding carboxylic acids is 3. The molecule has 6 nitrogen and oxygen atoms in total. The number of fused-ring (bicyclic) bond motifs is 3. The van der Waals surface area contributed by atoms with Gasteiger partial charge in [-0.25, -0.2) is 4.79 Å². The molecule has 30 heavy (non-hydrogen) atoms. The molecule has 154 valence electrons. The van der Waals surface area contributed by atoms with Crippen LogP contribution in [-0.2, 0) is 14.3 Å². The standard InChI is InChI=1S/C24H24N2O4/c1-17(2)25-22(28)19-12-6-7-13-20(19)26-21(27)14-15-24(25,26)23(29)30-16-8-11-18-9-4-3-5-10-18/h3-13,17H,14-16H2,1-2H3/b11-8+. The summed E-state index contributed by atoms with van der Waals surface area (Å²) in [6.07, 6.45) is 4.01. The third-order valence-electron chi connectivity index (χ3n) is 5.56. The minimum atomic E-state index is -1.45. The molecule has 0 bridgehead atoms. The lowest BCUT2D eigenvalue weighted by atomic mass is 9.95. The van der Waals surface area contributed by atoms with E-state index in [2.05, 4.69) is 0 Å². The first-order chi connectivity index (χ1) is 14.5. The number of nitrogens with zero attached hydrogens (tertiary/aromatic N) is 2. The Bertz CT molecular complexity index is 1010. The van der Waals surface area contributed by atoms with E-state index < -0.39 is 11.6 Å². The topological polar surface area (TPSA) is 66.9 Å². The lowest BCUT2D eigenvalue weighted by Gasteiger charge is -2.50. The first-order valence-corrected chi connectivity index (χ1v) is 10.1. The molecule has 0 N–H and O–H groups in total. The first-order valence-electron chi connectivity index (χ1n) is 10.1. The molecule has 2 aliphatic heterocycles. The van der Waals surface area contributed by atoms with Crippen molar-refractivity contribution in [3.05, 3.63) is 71.8 Å². The van der Waals surface area contributed by atoms with Crippen molar-refractivity contribution in [2.75, 3.05) is 11.5 Å². The highest BCUT2D eigenvalue weighted by Gasteiger charge is 2.62. The largest absolute Gasteiger partial charge is 0.458 e. The highest BCUT2D eigenvalue weighted by molar-refractivity contribution is 6.15. The van der Waals surface area contributed by atoms with E-state index in [1.54, 1.807) is 30.3 Å². The molecule has 2 aromatic rings. The van der Waals surface area contributed by atoms with E-state index in [0.717, 1.165) is 5.56 Å². The number of rotatable bonds is 5. The summed E-state index contributed by atoms with van der Waals surface area (Å²) in [6, 6.07) is 16.3. The number of ether oxygens (including phenoxy) is 1. The van der Waals surface area contributed by atoms with Crippen LogP contribution < -0.4 is 4.90 Å². The lowest BCUT2D eigenvalue weighted by Crippen LogP contribution is -2.70. The zero-order valence-corrected chi connectivity index (χ0v) is 17.1. The molecular weight excluding hydrogens is 380 g/mol. The van der Waals surface area contributed by atoms with Gasteiger partial charge in [0.15, 0.2) is 0 Å². The minimum Gasteiger partial charge on any atom is -0.458 e. The predicted molar refractivity (Wildman–Crippen MR) is 114 cm³/mol. The summed E-state index contributed by atoms with van der Waals surface area (Å²) in [5.41, 5.74) is 0.444. The van der Waals surface area contributed by atoms with E-state index in [1.807, 2.05) is 50.3 Å². The molecule has 0 aromatic heterocycles. The van der Waals surface area contributed by atoms with Gasteiger partial charge in [-0.1, -0.05) is 48.5 Å². The van der Waals surface area contributed by atoms with Gasteiger partial charge in [0.2, 0.25) is 11.6 Å². The average molecular weight is 404 g/mol. The third kappa shape index (κ3) is 3.09. The van der Waals surface area contributed by atoms with E-state index in [9.17, 15) is 14.4 Å². The van der Waals surface area contributed by atoms with Gasteiger partial charge in [-0.05, 0) is 37.6 Å². The second-order valence-electron chi connectivity index (χ2n) is 7.74. The van der Waals surface area contributed by atoms with Gasteiger partial charge in [-0.15, -0.1) is 0 Å². The maximum atomic E-state index is 13.4. The first kappa shape index (κ1) is 19.9. The van der Waals surface area contributed by atoms with Crippen molar-refractivity contribution in [1.82, 2.24) is 4.90 Å². The number of carbonyl (C=O) groups is 3. The highest BCUT2D eigenvalue weighted by atomic mass is 16.5.